The van der Waals surface area contributed by atoms with Gasteiger partial charge < -0.3 is 15.0 Å². The summed E-state index contributed by atoms with van der Waals surface area (Å²) < 4.78 is 0.705. The van der Waals surface area contributed by atoms with Crippen molar-refractivity contribution in [3.05, 3.63) is 14.5 Å². The smallest absolute Gasteiger partial charge is 0.227 e. The molecule has 1 aliphatic carbocycles. The monoisotopic (exact) mass is 286 g/mol. The van der Waals surface area contributed by atoms with E-state index in [1.807, 2.05) is 6.92 Å². The number of aliphatic hydroxyl groups excluding tert-OH is 1. The van der Waals surface area contributed by atoms with Crippen LogP contribution in [0.4, 0.5) is 0 Å². The molecule has 4 nitrogen and oxygen atoms in total. The molecule has 0 spiro atoms. The summed E-state index contributed by atoms with van der Waals surface area (Å²) in [4.78, 5) is 17.7. The Morgan fingerprint density at radius 3 is 2.83 bits per heavy atom. The summed E-state index contributed by atoms with van der Waals surface area (Å²) in [6.45, 7) is 2.35. The van der Waals surface area contributed by atoms with Crippen molar-refractivity contribution in [1.82, 2.24) is 9.88 Å². The van der Waals surface area contributed by atoms with E-state index in [1.54, 1.807) is 11.9 Å². The second kappa shape index (κ2) is 5.50. The van der Waals surface area contributed by atoms with E-state index in [1.165, 1.54) is 11.3 Å². The first-order valence-electron chi connectivity index (χ1n) is 6.08. The fraction of sp³-hybridized carbons (Fsp3) is 0.667. The van der Waals surface area contributed by atoms with E-state index < -0.39 is 0 Å². The molecular weight excluding hydrogens is 268 g/mol. The molecule has 1 amide bonds. The first kappa shape index (κ1) is 13.7. The van der Waals surface area contributed by atoms with Crippen molar-refractivity contribution in [2.45, 2.75) is 32.3 Å². The number of nitrogens with one attached hydrogen (secondary N) is 1. The topological polar surface area (TPSA) is 56.3 Å². The third kappa shape index (κ3) is 3.40. The average molecular weight is 286 g/mol. The van der Waals surface area contributed by atoms with Crippen LogP contribution < -0.4 is 0 Å². The van der Waals surface area contributed by atoms with Crippen LogP contribution in [-0.4, -0.2) is 40.6 Å². The second-order valence-corrected chi connectivity index (χ2v) is 6.69. The molecule has 1 saturated carbocycles. The largest absolute Gasteiger partial charge is 0.391 e. The minimum absolute atomic E-state index is 0.0306. The van der Waals surface area contributed by atoms with Crippen LogP contribution in [0.5, 0.6) is 0 Å². The average Bonchev–Trinajstić information content (AvgIpc) is 3.07. The van der Waals surface area contributed by atoms with Crippen LogP contribution >= 0.6 is 23.6 Å². The number of carbonyl (C=O) groups excluding carboxylic acids is 1. The van der Waals surface area contributed by atoms with Crippen molar-refractivity contribution >= 4 is 29.5 Å². The van der Waals surface area contributed by atoms with Gasteiger partial charge in [0.05, 0.1) is 12.5 Å². The van der Waals surface area contributed by atoms with Gasteiger partial charge in [-0.15, -0.1) is 11.3 Å². The van der Waals surface area contributed by atoms with E-state index in [0.29, 0.717) is 22.8 Å². The Balaban J connectivity index is 1.90. The second-order valence-electron chi connectivity index (χ2n) is 4.92. The number of aromatic nitrogens is 1. The molecule has 0 aromatic carbocycles. The summed E-state index contributed by atoms with van der Waals surface area (Å²) in [5, 5.41) is 9.82. The van der Waals surface area contributed by atoms with Crippen molar-refractivity contribution in [2.24, 2.45) is 5.92 Å². The summed E-state index contributed by atoms with van der Waals surface area (Å²) in [7, 11) is 1.75. The predicted octanol–water partition coefficient (Wildman–Crippen LogP) is 1.89. The number of rotatable bonds is 5. The molecule has 0 saturated heterocycles. The highest BCUT2D eigenvalue weighted by Crippen LogP contribution is 2.32. The molecule has 1 aliphatic rings. The zero-order chi connectivity index (χ0) is 13.3. The number of thiazole rings is 1. The van der Waals surface area contributed by atoms with Gasteiger partial charge in [-0.25, -0.2) is 0 Å². The van der Waals surface area contributed by atoms with E-state index >= 15 is 0 Å². The normalized spacial score (nSPS) is 16.6. The van der Waals surface area contributed by atoms with Crippen LogP contribution in [0, 0.1) is 16.8 Å². The number of hydrogen-bond donors (Lipinski definition) is 2. The van der Waals surface area contributed by atoms with Crippen LogP contribution in [0.2, 0.25) is 0 Å². The van der Waals surface area contributed by atoms with E-state index in [2.05, 4.69) is 4.98 Å². The molecule has 1 aromatic rings. The zero-order valence-corrected chi connectivity index (χ0v) is 12.2. The molecule has 0 radical (unpaired) electrons. The molecule has 0 aliphatic heterocycles. The number of aliphatic hydroxyl groups is 1. The van der Waals surface area contributed by atoms with Gasteiger partial charge in [0, 0.05) is 24.2 Å². The van der Waals surface area contributed by atoms with Crippen LogP contribution in [0.1, 0.15) is 23.4 Å². The van der Waals surface area contributed by atoms with Gasteiger partial charge in [0.25, 0.3) is 0 Å². The van der Waals surface area contributed by atoms with Crippen LogP contribution in [0.25, 0.3) is 0 Å². The van der Waals surface area contributed by atoms with Gasteiger partial charge in [-0.1, -0.05) is 0 Å². The van der Waals surface area contributed by atoms with Crippen molar-refractivity contribution < 1.29 is 9.90 Å². The molecule has 0 unspecified atom stereocenters. The minimum Gasteiger partial charge on any atom is -0.391 e. The van der Waals surface area contributed by atoms with Gasteiger partial charge in [-0.3, -0.25) is 4.79 Å². The number of amides is 1. The van der Waals surface area contributed by atoms with E-state index in [0.717, 1.165) is 23.4 Å². The fourth-order valence-electron chi connectivity index (χ4n) is 1.89. The van der Waals surface area contributed by atoms with Crippen molar-refractivity contribution in [2.75, 3.05) is 13.6 Å². The van der Waals surface area contributed by atoms with Crippen LogP contribution in [-0.2, 0) is 11.2 Å². The van der Waals surface area contributed by atoms with Gasteiger partial charge in [0.15, 0.2) is 3.95 Å². The summed E-state index contributed by atoms with van der Waals surface area (Å²) in [5.74, 6) is 0.430. The van der Waals surface area contributed by atoms with Crippen LogP contribution in [0.15, 0.2) is 0 Å². The Hall–Kier alpha value is -0.720. The molecule has 1 heterocycles. The molecule has 100 valence electrons. The number of H-pyrrole nitrogens is 1. The first-order chi connectivity index (χ1) is 8.47. The van der Waals surface area contributed by atoms with Gasteiger partial charge in [-0.05, 0) is 37.9 Å². The fourth-order valence-corrected chi connectivity index (χ4v) is 3.17. The Labute approximate surface area is 116 Å². The Bertz CT molecular complexity index is 491. The molecule has 1 fully saturated rings. The Kier molecular flexibility index (Phi) is 4.19. The summed E-state index contributed by atoms with van der Waals surface area (Å²) >= 11 is 6.50. The number of carbonyl (C=O) groups is 1. The summed E-state index contributed by atoms with van der Waals surface area (Å²) in [6, 6.07) is 0. The van der Waals surface area contributed by atoms with E-state index in [4.69, 9.17) is 12.2 Å². The van der Waals surface area contributed by atoms with Gasteiger partial charge in [0.1, 0.15) is 0 Å². The summed E-state index contributed by atoms with van der Waals surface area (Å²) in [6.07, 6.45) is 2.16. The lowest BCUT2D eigenvalue weighted by Crippen LogP contribution is -2.36. The van der Waals surface area contributed by atoms with Gasteiger partial charge in [0.2, 0.25) is 5.91 Å². The lowest BCUT2D eigenvalue weighted by molar-refractivity contribution is -0.130. The lowest BCUT2D eigenvalue weighted by atomic mass is 10.2. The first-order valence-corrected chi connectivity index (χ1v) is 7.30. The SMILES string of the molecule is Cc1[nH]c(=S)sc1CC(=O)N(C)C[C@H](O)C1CC1. The molecule has 6 heteroatoms. The van der Waals surface area contributed by atoms with Crippen LogP contribution in [0.3, 0.4) is 0 Å². The number of hydrogen-bond acceptors (Lipinski definition) is 4. The minimum atomic E-state index is -0.371. The number of likely N-dealkylation sites (N-methyl/N-ethyl adjacent to an activating group) is 1. The lowest BCUT2D eigenvalue weighted by Gasteiger charge is -2.20. The molecule has 18 heavy (non-hydrogen) atoms. The quantitative estimate of drug-likeness (QED) is 0.813. The molecule has 0 bridgehead atoms. The maximum atomic E-state index is 12.0. The summed E-state index contributed by atoms with van der Waals surface area (Å²) in [5.41, 5.74) is 0.967. The standard InChI is InChI=1S/C12H18N2O2S2/c1-7-10(18-12(17)13-7)5-11(16)14(2)6-9(15)8-3-4-8/h8-9,15H,3-6H2,1-2H3,(H,13,17)/t9-/m0/s1. The van der Waals surface area contributed by atoms with Crippen molar-refractivity contribution in [3.63, 3.8) is 0 Å². The molecular formula is C12H18N2O2S2. The van der Waals surface area contributed by atoms with Crippen molar-refractivity contribution in [3.8, 4) is 0 Å². The molecule has 1 atom stereocenters. The zero-order valence-electron chi connectivity index (χ0n) is 10.6. The van der Waals surface area contributed by atoms with E-state index in [9.17, 15) is 9.90 Å². The highest BCUT2D eigenvalue weighted by molar-refractivity contribution is 7.73. The van der Waals surface area contributed by atoms with Gasteiger partial charge in [-0.2, -0.15) is 0 Å². The van der Waals surface area contributed by atoms with Crippen molar-refractivity contribution in [1.29, 1.82) is 0 Å². The Morgan fingerprint density at radius 1 is 1.67 bits per heavy atom. The third-order valence-corrected chi connectivity index (χ3v) is 4.62. The Morgan fingerprint density at radius 2 is 2.33 bits per heavy atom. The highest BCUT2D eigenvalue weighted by Gasteiger charge is 2.31. The van der Waals surface area contributed by atoms with Gasteiger partial charge >= 0.3 is 0 Å². The molecule has 2 N–H and O–H groups in total. The molecule has 1 aromatic heterocycles. The number of aromatic amines is 1. The highest BCUT2D eigenvalue weighted by atomic mass is 32.1. The predicted molar refractivity (Wildman–Crippen MR) is 74.3 cm³/mol. The third-order valence-electron chi connectivity index (χ3n) is 3.29. The molecule has 2 rings (SSSR count). The maximum absolute atomic E-state index is 12.0. The number of aryl methyl sites for hydroxylation is 1. The maximum Gasteiger partial charge on any atom is 0.227 e. The van der Waals surface area contributed by atoms with E-state index in [-0.39, 0.29) is 12.0 Å². The number of nitrogens with zero attached hydrogens (tertiary/aromatic N) is 1.